The van der Waals surface area contributed by atoms with E-state index in [0.29, 0.717) is 6.42 Å². The number of Topliss-reactive ketones (excluding diaryl/α,β-unsaturated/α-hetero) is 1. The first-order valence-electron chi connectivity index (χ1n) is 8.48. The van der Waals surface area contributed by atoms with Gasteiger partial charge in [-0.2, -0.15) is 13.8 Å². The zero-order chi connectivity index (χ0) is 18.5. The predicted octanol–water partition coefficient (Wildman–Crippen LogP) is 3.88. The van der Waals surface area contributed by atoms with Gasteiger partial charge in [-0.15, -0.1) is 6.42 Å². The second-order valence-electron chi connectivity index (χ2n) is 7.47. The molecule has 143 valence electrons. The molecule has 5 heteroatoms. The van der Waals surface area contributed by atoms with Gasteiger partial charge in [-0.3, -0.25) is 17.0 Å². The first-order chi connectivity index (χ1) is 10.5. The molecule has 4 nitrogen and oxygen atoms in total. The van der Waals surface area contributed by atoms with Crippen molar-refractivity contribution in [3.8, 4) is 0 Å². The van der Waals surface area contributed by atoms with E-state index in [2.05, 4.69) is 33.0 Å². The summed E-state index contributed by atoms with van der Waals surface area (Å²) >= 11 is 0. The van der Waals surface area contributed by atoms with E-state index in [0.717, 1.165) is 26.0 Å². The summed E-state index contributed by atoms with van der Waals surface area (Å²) in [7, 11) is 1.98. The van der Waals surface area contributed by atoms with Crippen LogP contribution in [-0.4, -0.2) is 37.9 Å². The van der Waals surface area contributed by atoms with Crippen LogP contribution in [0.2, 0.25) is 0 Å². The van der Waals surface area contributed by atoms with Crippen molar-refractivity contribution >= 4 is 12.1 Å². The Morgan fingerprint density at radius 1 is 1.21 bits per heavy atom. The summed E-state index contributed by atoms with van der Waals surface area (Å²) in [5.41, 5.74) is -0.267. The molecule has 0 aromatic carbocycles. The van der Waals surface area contributed by atoms with Crippen LogP contribution in [0, 0.1) is 11.3 Å². The Hall–Kier alpha value is -0.221. The van der Waals surface area contributed by atoms with Gasteiger partial charge in [-0.05, 0) is 39.8 Å². The Morgan fingerprint density at radius 3 is 2.08 bits per heavy atom. The van der Waals surface area contributed by atoms with E-state index in [9.17, 15) is 9.59 Å². The van der Waals surface area contributed by atoms with Crippen LogP contribution in [-0.2, 0) is 31.4 Å². The molecule has 0 aliphatic rings. The Bertz CT molecular complexity index is 327. The molecule has 1 atom stereocenters. The molecule has 0 heterocycles. The molecular weight excluding hydrogens is 345 g/mol. The number of carbonyl (C=O) groups is 1. The van der Waals surface area contributed by atoms with Crippen molar-refractivity contribution in [3.63, 3.8) is 0 Å². The standard InChI is InChI=1S/C11H24NO.C8H13O2.Mn/c1-6-11(4,7-8-12-5)13-9-10(2)3;1-8(2,3)7(10)5-4-6-9;/h12H,6-9H2,1-5H3;4-5H2,1-3H3;/q2*-1;+2. The van der Waals surface area contributed by atoms with Crippen molar-refractivity contribution in [1.29, 1.82) is 0 Å². The summed E-state index contributed by atoms with van der Waals surface area (Å²) in [5.74, 6) is 1.46. The number of rotatable bonds is 10. The Balaban J connectivity index is -0.000000364. The van der Waals surface area contributed by atoms with Gasteiger partial charge in [0, 0.05) is 5.41 Å². The monoisotopic (exact) mass is 382 g/mol. The molecule has 0 bridgehead atoms. The van der Waals surface area contributed by atoms with Gasteiger partial charge in [0.15, 0.2) is 0 Å². The average molecular weight is 382 g/mol. The first-order valence-corrected chi connectivity index (χ1v) is 8.48. The number of carbonyl (C=O) groups excluding carboxylic acids is 2. The number of ketones is 1. The maximum Gasteiger partial charge on any atom is 2.00 e. The summed E-state index contributed by atoms with van der Waals surface area (Å²) in [5, 5.41) is 3.16. The summed E-state index contributed by atoms with van der Waals surface area (Å²) < 4.78 is 5.87. The summed E-state index contributed by atoms with van der Waals surface area (Å²) in [6.07, 6.45) is 4.41. The van der Waals surface area contributed by atoms with Gasteiger partial charge in [0.25, 0.3) is 0 Å². The predicted molar refractivity (Wildman–Crippen MR) is 97.2 cm³/mol. The minimum atomic E-state index is -0.309. The number of hydrogen-bond donors (Lipinski definition) is 1. The summed E-state index contributed by atoms with van der Waals surface area (Å²) in [6.45, 7) is 15.9. The van der Waals surface area contributed by atoms with Gasteiger partial charge >= 0.3 is 17.1 Å². The van der Waals surface area contributed by atoms with E-state index < -0.39 is 0 Å². The smallest absolute Gasteiger partial charge is 0.542 e. The third kappa shape index (κ3) is 16.6. The SMILES string of the molecule is CC(C)(C)C(=O)CC[C-]=O.CCC(C)(CCNC)OC[C-](C)C.[Mn+2]. The zero-order valence-electron chi connectivity index (χ0n) is 16.8. The van der Waals surface area contributed by atoms with Crippen molar-refractivity contribution in [2.24, 2.45) is 5.41 Å². The molecule has 0 fully saturated rings. The van der Waals surface area contributed by atoms with Crippen LogP contribution in [0.4, 0.5) is 0 Å². The van der Waals surface area contributed by atoms with E-state index in [-0.39, 0.29) is 40.3 Å². The molecule has 0 saturated carbocycles. The van der Waals surface area contributed by atoms with Gasteiger partial charge in [0.1, 0.15) is 5.78 Å². The van der Waals surface area contributed by atoms with Gasteiger partial charge in [0.05, 0.1) is 5.60 Å². The quantitative estimate of drug-likeness (QED) is 0.460. The minimum Gasteiger partial charge on any atom is -0.542 e. The third-order valence-electron chi connectivity index (χ3n) is 3.65. The maximum absolute atomic E-state index is 11.0. The molecule has 1 unspecified atom stereocenters. The van der Waals surface area contributed by atoms with E-state index in [1.165, 1.54) is 5.92 Å². The van der Waals surface area contributed by atoms with Crippen molar-refractivity contribution < 1.29 is 31.4 Å². The minimum absolute atomic E-state index is 0. The summed E-state index contributed by atoms with van der Waals surface area (Å²) in [4.78, 5) is 20.8. The molecule has 0 amide bonds. The third-order valence-corrected chi connectivity index (χ3v) is 3.65. The molecule has 1 radical (unpaired) electrons. The molecule has 1 N–H and O–H groups in total. The second-order valence-corrected chi connectivity index (χ2v) is 7.47. The molecule has 0 aromatic rings. The Kier molecular flexibility index (Phi) is 17.9. The molecular formula is C19H37MnNO3. The van der Waals surface area contributed by atoms with Crippen LogP contribution < -0.4 is 5.32 Å². The molecule has 0 saturated heterocycles. The largest absolute Gasteiger partial charge is 2.00 e. The fourth-order valence-electron chi connectivity index (χ4n) is 1.60. The van der Waals surface area contributed by atoms with E-state index in [1.54, 1.807) is 6.29 Å². The Labute approximate surface area is 160 Å². The van der Waals surface area contributed by atoms with Crippen LogP contribution in [0.3, 0.4) is 0 Å². The first kappa shape index (κ1) is 28.6. The molecule has 0 rings (SSSR count). The van der Waals surface area contributed by atoms with Crippen molar-refractivity contribution in [3.05, 3.63) is 5.92 Å². The summed E-state index contributed by atoms with van der Waals surface area (Å²) in [6, 6.07) is 0. The van der Waals surface area contributed by atoms with Crippen molar-refractivity contribution in [1.82, 2.24) is 5.32 Å². The normalized spacial score (nSPS) is 13.4. The van der Waals surface area contributed by atoms with Gasteiger partial charge < -0.3 is 14.8 Å². The fourth-order valence-corrected chi connectivity index (χ4v) is 1.60. The van der Waals surface area contributed by atoms with Crippen LogP contribution in [0.15, 0.2) is 0 Å². The molecule has 0 aliphatic heterocycles. The number of nitrogens with one attached hydrogen (secondary N) is 1. The fraction of sp³-hybridized carbons (Fsp3) is 0.842. The average Bonchev–Trinajstić information content (AvgIpc) is 2.48. The molecule has 0 aliphatic carbocycles. The molecule has 0 spiro atoms. The zero-order valence-corrected chi connectivity index (χ0v) is 18.0. The van der Waals surface area contributed by atoms with Crippen LogP contribution >= 0.6 is 0 Å². The van der Waals surface area contributed by atoms with E-state index in [4.69, 9.17) is 4.74 Å². The van der Waals surface area contributed by atoms with E-state index >= 15 is 0 Å². The Morgan fingerprint density at radius 2 is 1.75 bits per heavy atom. The van der Waals surface area contributed by atoms with Crippen LogP contribution in [0.5, 0.6) is 0 Å². The topological polar surface area (TPSA) is 55.4 Å². The van der Waals surface area contributed by atoms with Crippen LogP contribution in [0.1, 0.15) is 74.1 Å². The van der Waals surface area contributed by atoms with E-state index in [1.807, 2.05) is 27.8 Å². The number of hydrogen-bond acceptors (Lipinski definition) is 4. The van der Waals surface area contributed by atoms with Crippen molar-refractivity contribution in [2.75, 3.05) is 20.2 Å². The van der Waals surface area contributed by atoms with Gasteiger partial charge in [-0.1, -0.05) is 34.3 Å². The number of ether oxygens (including phenoxy) is 1. The molecule has 24 heavy (non-hydrogen) atoms. The molecule has 0 aromatic heterocycles. The van der Waals surface area contributed by atoms with Gasteiger partial charge in [-0.25, -0.2) is 0 Å². The van der Waals surface area contributed by atoms with Crippen molar-refractivity contribution in [2.45, 2.75) is 79.8 Å². The van der Waals surface area contributed by atoms with Crippen LogP contribution in [0.25, 0.3) is 0 Å². The maximum atomic E-state index is 11.0. The van der Waals surface area contributed by atoms with Gasteiger partial charge in [0.2, 0.25) is 0 Å². The second kappa shape index (κ2) is 15.1.